The molecule has 1 aromatic carbocycles. The van der Waals surface area contributed by atoms with Crippen molar-refractivity contribution in [1.82, 2.24) is 10.2 Å². The first-order valence-corrected chi connectivity index (χ1v) is 5.98. The maximum Gasteiger partial charge on any atom is 0.241 e. The fraction of sp³-hybridized carbons (Fsp3) is 0.462. The number of amides is 1. The Labute approximate surface area is 106 Å². The quantitative estimate of drug-likeness (QED) is 0.889. The van der Waals surface area contributed by atoms with Gasteiger partial charge in [0, 0.05) is 6.54 Å². The molecule has 0 aliphatic carbocycles. The first-order chi connectivity index (χ1) is 8.58. The van der Waals surface area contributed by atoms with Crippen LogP contribution in [0, 0.1) is 5.82 Å². The number of halogens is 1. The summed E-state index contributed by atoms with van der Waals surface area (Å²) in [4.78, 5) is 13.6. The van der Waals surface area contributed by atoms with Crippen molar-refractivity contribution in [2.24, 2.45) is 0 Å². The Morgan fingerprint density at radius 1 is 1.50 bits per heavy atom. The second-order valence-electron chi connectivity index (χ2n) is 4.31. The van der Waals surface area contributed by atoms with E-state index in [1.54, 1.807) is 17.0 Å². The molecule has 4 nitrogen and oxygen atoms in total. The van der Waals surface area contributed by atoms with Crippen LogP contribution in [0.15, 0.2) is 18.2 Å². The van der Waals surface area contributed by atoms with Gasteiger partial charge in [0.1, 0.15) is 6.17 Å². The lowest BCUT2D eigenvalue weighted by Gasteiger charge is -2.23. The van der Waals surface area contributed by atoms with Gasteiger partial charge in [-0.25, -0.2) is 4.39 Å². The van der Waals surface area contributed by atoms with Crippen molar-refractivity contribution < 1.29 is 13.9 Å². The molecule has 1 amide bonds. The molecule has 98 valence electrons. The minimum Gasteiger partial charge on any atom is -0.494 e. The van der Waals surface area contributed by atoms with Gasteiger partial charge in [-0.3, -0.25) is 10.1 Å². The smallest absolute Gasteiger partial charge is 0.241 e. The molecule has 2 atom stereocenters. The van der Waals surface area contributed by atoms with Gasteiger partial charge in [0.15, 0.2) is 11.6 Å². The van der Waals surface area contributed by atoms with Crippen LogP contribution in [0.25, 0.3) is 0 Å². The summed E-state index contributed by atoms with van der Waals surface area (Å²) >= 11 is 0. The normalized spacial score (nSPS) is 23.6. The van der Waals surface area contributed by atoms with E-state index in [-0.39, 0.29) is 23.9 Å². The van der Waals surface area contributed by atoms with Crippen molar-refractivity contribution in [3.05, 3.63) is 29.6 Å². The van der Waals surface area contributed by atoms with E-state index in [0.29, 0.717) is 6.54 Å². The zero-order valence-corrected chi connectivity index (χ0v) is 10.7. The summed E-state index contributed by atoms with van der Waals surface area (Å²) in [6.45, 7) is 4.31. The minimum atomic E-state index is -0.417. The third kappa shape index (κ3) is 2.06. The lowest BCUT2D eigenvalue weighted by Crippen LogP contribution is -2.30. The highest BCUT2D eigenvalue weighted by atomic mass is 19.1. The lowest BCUT2D eigenvalue weighted by molar-refractivity contribution is -0.129. The van der Waals surface area contributed by atoms with Crippen LogP contribution in [0.1, 0.15) is 25.6 Å². The molecule has 5 heteroatoms. The first-order valence-electron chi connectivity index (χ1n) is 5.98. The molecule has 0 saturated carbocycles. The van der Waals surface area contributed by atoms with Gasteiger partial charge in [0.05, 0.1) is 13.2 Å². The predicted molar refractivity (Wildman–Crippen MR) is 65.7 cm³/mol. The van der Waals surface area contributed by atoms with Gasteiger partial charge in [-0.2, -0.15) is 0 Å². The largest absolute Gasteiger partial charge is 0.494 e. The monoisotopic (exact) mass is 252 g/mol. The van der Waals surface area contributed by atoms with Crippen molar-refractivity contribution in [3.8, 4) is 5.75 Å². The zero-order chi connectivity index (χ0) is 13.3. The zero-order valence-electron chi connectivity index (χ0n) is 10.7. The SMILES string of the molecule is CCN1C(=O)C(C)NC1c1ccc(OC)c(F)c1. The van der Waals surface area contributed by atoms with Gasteiger partial charge >= 0.3 is 0 Å². The third-order valence-electron chi connectivity index (χ3n) is 3.21. The molecule has 18 heavy (non-hydrogen) atoms. The van der Waals surface area contributed by atoms with Gasteiger partial charge in [-0.05, 0) is 31.5 Å². The van der Waals surface area contributed by atoms with Crippen molar-refractivity contribution in [2.45, 2.75) is 26.1 Å². The summed E-state index contributed by atoms with van der Waals surface area (Å²) in [7, 11) is 1.43. The van der Waals surface area contributed by atoms with Gasteiger partial charge in [0.2, 0.25) is 5.91 Å². The van der Waals surface area contributed by atoms with Crippen LogP contribution in [0.4, 0.5) is 4.39 Å². The molecule has 1 heterocycles. The number of hydrogen-bond donors (Lipinski definition) is 1. The summed E-state index contributed by atoms with van der Waals surface area (Å²) in [6, 6.07) is 4.52. The molecule has 1 aliphatic heterocycles. The van der Waals surface area contributed by atoms with E-state index in [0.717, 1.165) is 5.56 Å². The maximum absolute atomic E-state index is 13.7. The number of likely N-dealkylation sites (N-methyl/N-ethyl adjacent to an activating group) is 1. The van der Waals surface area contributed by atoms with E-state index in [9.17, 15) is 9.18 Å². The Morgan fingerprint density at radius 2 is 2.22 bits per heavy atom. The lowest BCUT2D eigenvalue weighted by atomic mass is 10.1. The summed E-state index contributed by atoms with van der Waals surface area (Å²) in [5, 5.41) is 3.15. The van der Waals surface area contributed by atoms with E-state index in [2.05, 4.69) is 5.32 Å². The topological polar surface area (TPSA) is 41.6 Å². The standard InChI is InChI=1S/C13H17FN2O2/c1-4-16-12(15-8(2)13(16)17)9-5-6-11(18-3)10(14)7-9/h5-8,12,15H,4H2,1-3H3. The van der Waals surface area contributed by atoms with Crippen molar-refractivity contribution in [2.75, 3.05) is 13.7 Å². The fourth-order valence-corrected chi connectivity index (χ4v) is 2.24. The van der Waals surface area contributed by atoms with Crippen LogP contribution in [0.2, 0.25) is 0 Å². The molecule has 1 fully saturated rings. The number of carbonyl (C=O) groups is 1. The van der Waals surface area contributed by atoms with E-state index >= 15 is 0 Å². The molecule has 1 N–H and O–H groups in total. The fourth-order valence-electron chi connectivity index (χ4n) is 2.24. The number of benzene rings is 1. The molecule has 1 aromatic rings. The number of nitrogens with one attached hydrogen (secondary N) is 1. The van der Waals surface area contributed by atoms with Gasteiger partial charge < -0.3 is 9.64 Å². The molecule has 1 aliphatic rings. The Hall–Kier alpha value is -1.62. The van der Waals surface area contributed by atoms with Crippen molar-refractivity contribution in [1.29, 1.82) is 0 Å². The summed E-state index contributed by atoms with van der Waals surface area (Å²) in [6.07, 6.45) is -0.266. The van der Waals surface area contributed by atoms with Gasteiger partial charge in [-0.1, -0.05) is 6.07 Å². The van der Waals surface area contributed by atoms with Crippen molar-refractivity contribution in [3.63, 3.8) is 0 Å². The average molecular weight is 252 g/mol. The average Bonchev–Trinajstić information content (AvgIpc) is 2.65. The maximum atomic E-state index is 13.7. The van der Waals surface area contributed by atoms with E-state index in [4.69, 9.17) is 4.74 Å². The molecular weight excluding hydrogens is 235 g/mol. The second kappa shape index (κ2) is 4.94. The Balaban J connectivity index is 2.31. The van der Waals surface area contributed by atoms with E-state index in [1.807, 2.05) is 13.8 Å². The highest BCUT2D eigenvalue weighted by molar-refractivity contribution is 5.84. The minimum absolute atomic E-state index is 0.0405. The van der Waals surface area contributed by atoms with Crippen molar-refractivity contribution >= 4 is 5.91 Å². The number of ether oxygens (including phenoxy) is 1. The van der Waals surface area contributed by atoms with E-state index < -0.39 is 5.82 Å². The molecular formula is C13H17FN2O2. The molecule has 0 aromatic heterocycles. The molecule has 2 rings (SSSR count). The van der Waals surface area contributed by atoms with Crippen LogP contribution in [-0.4, -0.2) is 30.5 Å². The molecule has 0 bridgehead atoms. The Kier molecular flexibility index (Phi) is 3.52. The predicted octanol–water partition coefficient (Wildman–Crippen LogP) is 1.67. The third-order valence-corrected chi connectivity index (χ3v) is 3.21. The number of carbonyl (C=O) groups excluding carboxylic acids is 1. The summed E-state index contributed by atoms with van der Waals surface area (Å²) in [5.74, 6) is -0.169. The van der Waals surface area contributed by atoms with Crippen LogP contribution in [-0.2, 0) is 4.79 Å². The molecule has 1 saturated heterocycles. The number of methoxy groups -OCH3 is 1. The van der Waals surface area contributed by atoms with Crippen LogP contribution in [0.3, 0.4) is 0 Å². The van der Waals surface area contributed by atoms with Crippen LogP contribution in [0.5, 0.6) is 5.75 Å². The van der Waals surface area contributed by atoms with E-state index in [1.165, 1.54) is 13.2 Å². The number of nitrogens with zero attached hydrogens (tertiary/aromatic N) is 1. The number of hydrogen-bond acceptors (Lipinski definition) is 3. The summed E-state index contributed by atoms with van der Waals surface area (Å²) < 4.78 is 18.6. The summed E-state index contributed by atoms with van der Waals surface area (Å²) in [5.41, 5.74) is 0.729. The molecule has 0 radical (unpaired) electrons. The molecule has 2 unspecified atom stereocenters. The van der Waals surface area contributed by atoms with Crippen LogP contribution >= 0.6 is 0 Å². The first kappa shape index (κ1) is 12.8. The highest BCUT2D eigenvalue weighted by Gasteiger charge is 2.36. The van der Waals surface area contributed by atoms with Gasteiger partial charge in [-0.15, -0.1) is 0 Å². The number of rotatable bonds is 3. The van der Waals surface area contributed by atoms with Crippen LogP contribution < -0.4 is 10.1 Å². The Bertz CT molecular complexity index is 464. The second-order valence-corrected chi connectivity index (χ2v) is 4.31. The Morgan fingerprint density at radius 3 is 2.78 bits per heavy atom. The van der Waals surface area contributed by atoms with Gasteiger partial charge in [0.25, 0.3) is 0 Å². The highest BCUT2D eigenvalue weighted by Crippen LogP contribution is 2.28. The molecule has 0 spiro atoms.